The number of nitrogens with zero attached hydrogens (tertiary/aromatic N) is 1. The second-order valence-corrected chi connectivity index (χ2v) is 6.97. The van der Waals surface area contributed by atoms with Gasteiger partial charge in [0.15, 0.2) is 0 Å². The van der Waals surface area contributed by atoms with Gasteiger partial charge in [0.2, 0.25) is 5.91 Å². The van der Waals surface area contributed by atoms with Crippen LogP contribution in [0.1, 0.15) is 15.9 Å². The third kappa shape index (κ3) is 4.54. The molecule has 0 radical (unpaired) electrons. The maximum atomic E-state index is 14.0. The summed E-state index contributed by atoms with van der Waals surface area (Å²) in [6.07, 6.45) is 3.00. The lowest BCUT2D eigenvalue weighted by molar-refractivity contribution is -0.111. The average molecular weight is 432 g/mol. The summed E-state index contributed by atoms with van der Waals surface area (Å²) in [7, 11) is 1.56. The fourth-order valence-corrected chi connectivity index (χ4v) is 3.14. The average Bonchev–Trinajstić information content (AvgIpc) is 3.22. The molecule has 3 N–H and O–H groups in total. The summed E-state index contributed by atoms with van der Waals surface area (Å²) in [4.78, 5) is 31.1. The summed E-state index contributed by atoms with van der Waals surface area (Å²) in [5.41, 5.74) is 2.94. The highest BCUT2D eigenvalue weighted by Gasteiger charge is 2.12. The molecule has 32 heavy (non-hydrogen) atoms. The number of H-pyrrole nitrogens is 1. The van der Waals surface area contributed by atoms with Gasteiger partial charge in [0.25, 0.3) is 5.91 Å². The van der Waals surface area contributed by atoms with E-state index in [1.54, 1.807) is 55.6 Å². The Morgan fingerprint density at radius 3 is 2.53 bits per heavy atom. The summed E-state index contributed by atoms with van der Waals surface area (Å²) in [6, 6.07) is 15.0. The SMILES string of the molecule is CNC(=O)c1ccc(C=CC(=O)Nc2ccc3nc(-c4cc(F)ccc4F)[nH]c3c2)cc1. The van der Waals surface area contributed by atoms with Crippen molar-refractivity contribution in [3.63, 3.8) is 0 Å². The van der Waals surface area contributed by atoms with Crippen LogP contribution in [0.5, 0.6) is 0 Å². The van der Waals surface area contributed by atoms with Gasteiger partial charge in [-0.2, -0.15) is 0 Å². The van der Waals surface area contributed by atoms with Crippen molar-refractivity contribution in [2.75, 3.05) is 12.4 Å². The summed E-state index contributed by atoms with van der Waals surface area (Å²) < 4.78 is 27.5. The fourth-order valence-electron chi connectivity index (χ4n) is 3.14. The minimum Gasteiger partial charge on any atom is -0.355 e. The van der Waals surface area contributed by atoms with Crippen molar-refractivity contribution in [1.82, 2.24) is 15.3 Å². The molecule has 0 saturated carbocycles. The third-order valence-corrected chi connectivity index (χ3v) is 4.76. The summed E-state index contributed by atoms with van der Waals surface area (Å²) in [5, 5.41) is 5.28. The van der Waals surface area contributed by atoms with Gasteiger partial charge in [-0.3, -0.25) is 9.59 Å². The molecular formula is C24H18F2N4O2. The number of hydrogen-bond acceptors (Lipinski definition) is 3. The van der Waals surface area contributed by atoms with Crippen LogP contribution in [0.4, 0.5) is 14.5 Å². The lowest BCUT2D eigenvalue weighted by Crippen LogP contribution is -2.17. The molecule has 6 nitrogen and oxygen atoms in total. The summed E-state index contributed by atoms with van der Waals surface area (Å²) in [6.45, 7) is 0. The quantitative estimate of drug-likeness (QED) is 0.405. The predicted molar refractivity (Wildman–Crippen MR) is 119 cm³/mol. The Hall–Kier alpha value is -4.33. The second kappa shape index (κ2) is 8.81. The first kappa shape index (κ1) is 20.9. The van der Waals surface area contributed by atoms with E-state index in [4.69, 9.17) is 0 Å². The van der Waals surface area contributed by atoms with Gasteiger partial charge in [-0.1, -0.05) is 12.1 Å². The molecule has 0 atom stereocenters. The molecule has 0 spiro atoms. The Bertz CT molecular complexity index is 1340. The molecule has 0 unspecified atom stereocenters. The van der Waals surface area contributed by atoms with Gasteiger partial charge < -0.3 is 15.6 Å². The van der Waals surface area contributed by atoms with Crippen LogP contribution in [0, 0.1) is 11.6 Å². The molecule has 0 saturated heterocycles. The highest BCUT2D eigenvalue weighted by Crippen LogP contribution is 2.25. The zero-order chi connectivity index (χ0) is 22.7. The van der Waals surface area contributed by atoms with E-state index < -0.39 is 11.6 Å². The van der Waals surface area contributed by atoms with Crippen molar-refractivity contribution in [3.05, 3.63) is 89.5 Å². The molecule has 0 aliphatic carbocycles. The smallest absolute Gasteiger partial charge is 0.251 e. The number of rotatable bonds is 5. The van der Waals surface area contributed by atoms with E-state index in [1.165, 1.54) is 6.08 Å². The van der Waals surface area contributed by atoms with Gasteiger partial charge in [-0.05, 0) is 60.2 Å². The van der Waals surface area contributed by atoms with E-state index in [9.17, 15) is 18.4 Å². The van der Waals surface area contributed by atoms with Gasteiger partial charge in [0, 0.05) is 24.4 Å². The van der Waals surface area contributed by atoms with Crippen molar-refractivity contribution in [3.8, 4) is 11.4 Å². The maximum Gasteiger partial charge on any atom is 0.251 e. The van der Waals surface area contributed by atoms with Crippen LogP contribution in [-0.4, -0.2) is 28.8 Å². The fraction of sp³-hybridized carbons (Fsp3) is 0.0417. The van der Waals surface area contributed by atoms with E-state index >= 15 is 0 Å². The molecule has 0 bridgehead atoms. The number of nitrogens with one attached hydrogen (secondary N) is 3. The number of halogens is 2. The van der Waals surface area contributed by atoms with E-state index in [0.717, 1.165) is 23.8 Å². The van der Waals surface area contributed by atoms with Crippen LogP contribution >= 0.6 is 0 Å². The summed E-state index contributed by atoms with van der Waals surface area (Å²) in [5.74, 6) is -1.50. The number of amides is 2. The first-order chi connectivity index (χ1) is 15.4. The molecule has 3 aromatic carbocycles. The number of benzene rings is 3. The van der Waals surface area contributed by atoms with Gasteiger partial charge in [-0.15, -0.1) is 0 Å². The second-order valence-electron chi connectivity index (χ2n) is 6.97. The Kier molecular flexibility index (Phi) is 5.76. The number of carbonyl (C=O) groups is 2. The van der Waals surface area contributed by atoms with Crippen LogP contribution < -0.4 is 10.6 Å². The van der Waals surface area contributed by atoms with E-state index in [-0.39, 0.29) is 23.2 Å². The monoisotopic (exact) mass is 432 g/mol. The lowest BCUT2D eigenvalue weighted by atomic mass is 10.1. The Balaban J connectivity index is 1.48. The molecular weight excluding hydrogens is 414 g/mol. The first-order valence-corrected chi connectivity index (χ1v) is 9.69. The van der Waals surface area contributed by atoms with Crippen molar-refractivity contribution < 1.29 is 18.4 Å². The molecule has 1 aromatic heterocycles. The predicted octanol–water partition coefficient (Wildman–Crippen LogP) is 4.52. The van der Waals surface area contributed by atoms with Crippen molar-refractivity contribution in [2.24, 2.45) is 0 Å². The Morgan fingerprint density at radius 1 is 1.00 bits per heavy atom. The van der Waals surface area contributed by atoms with E-state index in [0.29, 0.717) is 22.3 Å². The zero-order valence-electron chi connectivity index (χ0n) is 16.9. The van der Waals surface area contributed by atoms with Crippen molar-refractivity contribution >= 4 is 34.6 Å². The molecule has 0 aliphatic rings. The molecule has 0 aliphatic heterocycles. The highest BCUT2D eigenvalue weighted by atomic mass is 19.1. The largest absolute Gasteiger partial charge is 0.355 e. The maximum absolute atomic E-state index is 14.0. The normalized spacial score (nSPS) is 11.1. The van der Waals surface area contributed by atoms with Crippen LogP contribution in [0.3, 0.4) is 0 Å². The minimum atomic E-state index is -0.590. The molecule has 2 amide bonds. The minimum absolute atomic E-state index is 0.0251. The number of anilines is 1. The van der Waals surface area contributed by atoms with Crippen LogP contribution in [0.2, 0.25) is 0 Å². The molecule has 0 fully saturated rings. The number of aromatic amines is 1. The number of hydrogen-bond donors (Lipinski definition) is 3. The first-order valence-electron chi connectivity index (χ1n) is 9.69. The van der Waals surface area contributed by atoms with Gasteiger partial charge in [-0.25, -0.2) is 13.8 Å². The number of imidazole rings is 1. The topological polar surface area (TPSA) is 86.9 Å². The van der Waals surface area contributed by atoms with Crippen LogP contribution in [0.25, 0.3) is 28.5 Å². The Morgan fingerprint density at radius 2 is 1.78 bits per heavy atom. The molecule has 1 heterocycles. The van der Waals surface area contributed by atoms with Gasteiger partial charge in [0.05, 0.1) is 16.6 Å². The van der Waals surface area contributed by atoms with Gasteiger partial charge in [0.1, 0.15) is 17.5 Å². The number of carbonyl (C=O) groups excluding carboxylic acids is 2. The molecule has 160 valence electrons. The zero-order valence-corrected chi connectivity index (χ0v) is 16.9. The summed E-state index contributed by atoms with van der Waals surface area (Å²) >= 11 is 0. The van der Waals surface area contributed by atoms with Crippen LogP contribution in [0.15, 0.2) is 66.7 Å². The Labute approximate surface area is 182 Å². The lowest BCUT2D eigenvalue weighted by Gasteiger charge is -2.02. The van der Waals surface area contributed by atoms with E-state index in [2.05, 4.69) is 20.6 Å². The molecule has 8 heteroatoms. The standard InChI is InChI=1S/C24H18F2N4O2/c1-27-24(32)15-5-2-14(3-6-15)4-11-22(31)28-17-8-10-20-21(13-17)30-23(29-20)18-12-16(25)7-9-19(18)26/h2-13H,1H3,(H,27,32)(H,28,31)(H,29,30). The van der Waals surface area contributed by atoms with Crippen molar-refractivity contribution in [2.45, 2.75) is 0 Å². The van der Waals surface area contributed by atoms with Gasteiger partial charge >= 0.3 is 0 Å². The van der Waals surface area contributed by atoms with Crippen molar-refractivity contribution in [1.29, 1.82) is 0 Å². The highest BCUT2D eigenvalue weighted by molar-refractivity contribution is 6.03. The van der Waals surface area contributed by atoms with E-state index in [1.807, 2.05) is 0 Å². The molecule has 4 aromatic rings. The number of aromatic nitrogens is 2. The third-order valence-electron chi connectivity index (χ3n) is 4.76. The number of fused-ring (bicyclic) bond motifs is 1. The molecule has 4 rings (SSSR count). The van der Waals surface area contributed by atoms with Crippen LogP contribution in [-0.2, 0) is 4.79 Å².